The first-order valence-electron chi connectivity index (χ1n) is 4.47. The predicted octanol–water partition coefficient (Wildman–Crippen LogP) is 1.40. The summed E-state index contributed by atoms with van der Waals surface area (Å²) in [4.78, 5) is 1.41. The summed E-state index contributed by atoms with van der Waals surface area (Å²) in [6.45, 7) is 0.811. The molecule has 2 nitrogen and oxygen atoms in total. The summed E-state index contributed by atoms with van der Waals surface area (Å²) >= 11 is 0. The van der Waals surface area contributed by atoms with Gasteiger partial charge < -0.3 is 5.11 Å². The lowest BCUT2D eigenvalue weighted by Gasteiger charge is -2.25. The number of hydrogen-bond donors (Lipinski definition) is 1. The summed E-state index contributed by atoms with van der Waals surface area (Å²) in [5.74, 6) is 0. The standard InChI is InChI=1S/C8H14F3NO/c9-8(10,11)7-3-1-4-12(7)5-2-6-13/h7,13H,1-6H2. The Labute approximate surface area is 75.3 Å². The Hall–Kier alpha value is -0.290. The van der Waals surface area contributed by atoms with Gasteiger partial charge in [-0.25, -0.2) is 0 Å². The van der Waals surface area contributed by atoms with E-state index in [1.54, 1.807) is 0 Å². The fourth-order valence-corrected chi connectivity index (χ4v) is 1.74. The highest BCUT2D eigenvalue weighted by Gasteiger charge is 2.45. The molecule has 0 aromatic carbocycles. The van der Waals surface area contributed by atoms with Crippen LogP contribution in [0.5, 0.6) is 0 Å². The average Bonchev–Trinajstić information content (AvgIpc) is 2.47. The molecule has 1 N–H and O–H groups in total. The molecule has 78 valence electrons. The minimum absolute atomic E-state index is 0.0406. The normalized spacial score (nSPS) is 25.4. The lowest BCUT2D eigenvalue weighted by atomic mass is 10.2. The zero-order valence-corrected chi connectivity index (χ0v) is 7.35. The molecule has 1 unspecified atom stereocenters. The topological polar surface area (TPSA) is 23.5 Å². The molecule has 0 spiro atoms. The van der Waals surface area contributed by atoms with Crippen molar-refractivity contribution in [2.45, 2.75) is 31.5 Å². The first kappa shape index (κ1) is 10.8. The quantitative estimate of drug-likeness (QED) is 0.739. The van der Waals surface area contributed by atoms with Crippen molar-refractivity contribution in [2.24, 2.45) is 0 Å². The van der Waals surface area contributed by atoms with Crippen LogP contribution in [0.1, 0.15) is 19.3 Å². The number of nitrogens with zero attached hydrogens (tertiary/aromatic N) is 1. The Balaban J connectivity index is 2.44. The van der Waals surface area contributed by atoms with Gasteiger partial charge in [0, 0.05) is 13.2 Å². The van der Waals surface area contributed by atoms with Gasteiger partial charge in [-0.1, -0.05) is 0 Å². The molecule has 1 fully saturated rings. The SMILES string of the molecule is OCCCN1CCCC1C(F)(F)F. The molecule has 0 aliphatic carbocycles. The largest absolute Gasteiger partial charge is 0.404 e. The van der Waals surface area contributed by atoms with Crippen LogP contribution in [0.3, 0.4) is 0 Å². The molecule has 0 amide bonds. The fourth-order valence-electron chi connectivity index (χ4n) is 1.74. The van der Waals surface area contributed by atoms with E-state index in [9.17, 15) is 13.2 Å². The number of hydrogen-bond acceptors (Lipinski definition) is 2. The van der Waals surface area contributed by atoms with Crippen LogP contribution in [0.4, 0.5) is 13.2 Å². The van der Waals surface area contributed by atoms with Gasteiger partial charge in [-0.15, -0.1) is 0 Å². The Bertz CT molecular complexity index is 160. The zero-order chi connectivity index (χ0) is 9.90. The molecule has 0 aromatic heterocycles. The van der Waals surface area contributed by atoms with E-state index in [-0.39, 0.29) is 13.0 Å². The van der Waals surface area contributed by atoms with Crippen LogP contribution >= 0.6 is 0 Å². The second kappa shape index (κ2) is 4.28. The van der Waals surface area contributed by atoms with E-state index < -0.39 is 12.2 Å². The Morgan fingerprint density at radius 2 is 2.08 bits per heavy atom. The van der Waals surface area contributed by atoms with Gasteiger partial charge in [0.2, 0.25) is 0 Å². The maximum Gasteiger partial charge on any atom is 0.404 e. The Morgan fingerprint density at radius 3 is 2.62 bits per heavy atom. The van der Waals surface area contributed by atoms with Crippen LogP contribution in [-0.4, -0.2) is 41.9 Å². The van der Waals surface area contributed by atoms with E-state index in [1.165, 1.54) is 4.90 Å². The number of halogens is 3. The second-order valence-corrected chi connectivity index (χ2v) is 3.31. The average molecular weight is 197 g/mol. The third kappa shape index (κ3) is 2.84. The number of aliphatic hydroxyl groups is 1. The van der Waals surface area contributed by atoms with E-state index in [1.807, 2.05) is 0 Å². The lowest BCUT2D eigenvalue weighted by Crippen LogP contribution is -2.41. The van der Waals surface area contributed by atoms with Gasteiger partial charge in [0.1, 0.15) is 6.04 Å². The fraction of sp³-hybridized carbons (Fsp3) is 1.00. The van der Waals surface area contributed by atoms with Crippen molar-refractivity contribution < 1.29 is 18.3 Å². The minimum atomic E-state index is -4.11. The van der Waals surface area contributed by atoms with E-state index in [0.29, 0.717) is 25.9 Å². The first-order chi connectivity index (χ1) is 6.05. The summed E-state index contributed by atoms with van der Waals surface area (Å²) < 4.78 is 37.0. The molecule has 1 heterocycles. The summed E-state index contributed by atoms with van der Waals surface area (Å²) in [7, 11) is 0. The van der Waals surface area contributed by atoms with Crippen molar-refractivity contribution in [1.82, 2.24) is 4.90 Å². The molecule has 0 radical (unpaired) electrons. The van der Waals surface area contributed by atoms with E-state index in [0.717, 1.165) is 0 Å². The minimum Gasteiger partial charge on any atom is -0.396 e. The number of likely N-dealkylation sites (tertiary alicyclic amines) is 1. The van der Waals surface area contributed by atoms with Gasteiger partial charge in [0.05, 0.1) is 0 Å². The van der Waals surface area contributed by atoms with Crippen LogP contribution in [-0.2, 0) is 0 Å². The van der Waals surface area contributed by atoms with E-state index in [2.05, 4.69) is 0 Å². The number of rotatable bonds is 3. The van der Waals surface area contributed by atoms with Crippen molar-refractivity contribution >= 4 is 0 Å². The molecule has 0 bridgehead atoms. The van der Waals surface area contributed by atoms with Gasteiger partial charge in [-0.2, -0.15) is 13.2 Å². The van der Waals surface area contributed by atoms with E-state index >= 15 is 0 Å². The molecule has 1 saturated heterocycles. The maximum absolute atomic E-state index is 12.3. The van der Waals surface area contributed by atoms with Gasteiger partial charge in [0.15, 0.2) is 0 Å². The van der Waals surface area contributed by atoms with Crippen molar-refractivity contribution in [3.8, 4) is 0 Å². The maximum atomic E-state index is 12.3. The third-order valence-corrected chi connectivity index (χ3v) is 2.34. The summed E-state index contributed by atoms with van der Waals surface area (Å²) in [5, 5.41) is 8.51. The molecular weight excluding hydrogens is 183 g/mol. The molecule has 0 aromatic rings. The van der Waals surface area contributed by atoms with Gasteiger partial charge in [-0.05, 0) is 25.8 Å². The van der Waals surface area contributed by atoms with Crippen LogP contribution in [0.2, 0.25) is 0 Å². The Morgan fingerprint density at radius 1 is 1.38 bits per heavy atom. The zero-order valence-electron chi connectivity index (χ0n) is 7.35. The van der Waals surface area contributed by atoms with Gasteiger partial charge >= 0.3 is 6.18 Å². The monoisotopic (exact) mass is 197 g/mol. The van der Waals surface area contributed by atoms with E-state index in [4.69, 9.17) is 5.11 Å². The molecule has 1 aliphatic heterocycles. The lowest BCUT2D eigenvalue weighted by molar-refractivity contribution is -0.176. The Kier molecular flexibility index (Phi) is 3.55. The van der Waals surface area contributed by atoms with Crippen molar-refractivity contribution in [2.75, 3.05) is 19.7 Å². The molecule has 1 aliphatic rings. The van der Waals surface area contributed by atoms with Gasteiger partial charge in [0.25, 0.3) is 0 Å². The highest BCUT2D eigenvalue weighted by Crippen LogP contribution is 2.32. The van der Waals surface area contributed by atoms with Crippen LogP contribution in [0, 0.1) is 0 Å². The summed E-state index contributed by atoms with van der Waals surface area (Å²) in [6, 6.07) is -1.28. The van der Waals surface area contributed by atoms with Crippen LogP contribution < -0.4 is 0 Å². The molecule has 1 rings (SSSR count). The van der Waals surface area contributed by atoms with Crippen LogP contribution in [0.15, 0.2) is 0 Å². The van der Waals surface area contributed by atoms with Crippen molar-refractivity contribution in [3.63, 3.8) is 0 Å². The summed E-state index contributed by atoms with van der Waals surface area (Å²) in [6.07, 6.45) is -2.87. The predicted molar refractivity (Wildman–Crippen MR) is 42.4 cm³/mol. The molecule has 13 heavy (non-hydrogen) atoms. The molecular formula is C8H14F3NO. The highest BCUT2D eigenvalue weighted by atomic mass is 19.4. The second-order valence-electron chi connectivity index (χ2n) is 3.31. The van der Waals surface area contributed by atoms with Gasteiger partial charge in [-0.3, -0.25) is 4.90 Å². The number of aliphatic hydroxyl groups excluding tert-OH is 1. The van der Waals surface area contributed by atoms with Crippen molar-refractivity contribution in [1.29, 1.82) is 0 Å². The summed E-state index contributed by atoms with van der Waals surface area (Å²) in [5.41, 5.74) is 0. The molecule has 5 heteroatoms. The smallest absolute Gasteiger partial charge is 0.396 e. The van der Waals surface area contributed by atoms with Crippen LogP contribution in [0.25, 0.3) is 0 Å². The highest BCUT2D eigenvalue weighted by molar-refractivity contribution is 4.84. The van der Waals surface area contributed by atoms with Crippen molar-refractivity contribution in [3.05, 3.63) is 0 Å². The molecule has 0 saturated carbocycles. The molecule has 1 atom stereocenters. The number of alkyl halides is 3. The third-order valence-electron chi connectivity index (χ3n) is 2.34. The first-order valence-corrected chi connectivity index (χ1v) is 4.47.